The standard InChI is InChI=1S/C50H39N3O/c1-49(2,3)28-23-29(50(4,5)6)25-30(24-28)51-40-21-13-9-18-34(40)43-41(51)27-36-32-16-8-12-20-39(32)53-44(36)46(43)52-38-19-11-7-15-31(38)35-26-37-33-17-10-14-22-42(33)54-48(37)47(53)45(35)52/h7-27H,1-6H3. The van der Waals surface area contributed by atoms with Gasteiger partial charge in [-0.05, 0) is 70.5 Å². The average Bonchev–Trinajstić information content (AvgIpc) is 3.90. The number of fused-ring (bicyclic) bond motifs is 16. The number of furan rings is 1. The Hall–Kier alpha value is -6.26. The smallest absolute Gasteiger partial charge is 0.161 e. The molecular formula is C50H39N3O. The number of hydrogen-bond acceptors (Lipinski definition) is 1. The number of para-hydroxylation sites is 4. The summed E-state index contributed by atoms with van der Waals surface area (Å²) in [6.07, 6.45) is 0. The van der Waals surface area contributed by atoms with Gasteiger partial charge in [0, 0.05) is 48.8 Å². The molecule has 7 aromatic carbocycles. The molecule has 0 bridgehead atoms. The van der Waals surface area contributed by atoms with Gasteiger partial charge in [0.15, 0.2) is 5.58 Å². The molecule has 0 N–H and O–H groups in total. The quantitative estimate of drug-likeness (QED) is 0.157. The average molecular weight is 698 g/mol. The Morgan fingerprint density at radius 2 is 0.926 bits per heavy atom. The number of rotatable bonds is 1. The van der Waals surface area contributed by atoms with Crippen LogP contribution in [-0.2, 0) is 10.8 Å². The minimum absolute atomic E-state index is 0.0111. The van der Waals surface area contributed by atoms with Crippen molar-refractivity contribution in [3.8, 4) is 5.69 Å². The van der Waals surface area contributed by atoms with Gasteiger partial charge in [0.25, 0.3) is 0 Å². The summed E-state index contributed by atoms with van der Waals surface area (Å²) < 4.78 is 14.5. The molecule has 0 unspecified atom stereocenters. The van der Waals surface area contributed by atoms with Crippen molar-refractivity contribution < 1.29 is 4.42 Å². The van der Waals surface area contributed by atoms with Crippen LogP contribution in [0.3, 0.4) is 0 Å². The van der Waals surface area contributed by atoms with Crippen molar-refractivity contribution >= 4 is 98.4 Å². The van der Waals surface area contributed by atoms with Gasteiger partial charge in [0.05, 0.1) is 38.6 Å². The lowest BCUT2D eigenvalue weighted by Crippen LogP contribution is -2.17. The molecule has 0 fully saturated rings. The largest absolute Gasteiger partial charge is 0.454 e. The summed E-state index contributed by atoms with van der Waals surface area (Å²) in [5, 5.41) is 9.77. The lowest BCUT2D eigenvalue weighted by Gasteiger charge is -2.26. The van der Waals surface area contributed by atoms with Crippen LogP contribution in [0, 0.1) is 0 Å². The van der Waals surface area contributed by atoms with E-state index in [0.29, 0.717) is 0 Å². The molecule has 4 heteroatoms. The second-order valence-electron chi connectivity index (χ2n) is 17.4. The van der Waals surface area contributed by atoms with Gasteiger partial charge in [-0.1, -0.05) is 120 Å². The van der Waals surface area contributed by atoms with E-state index in [1.54, 1.807) is 0 Å². The lowest BCUT2D eigenvalue weighted by atomic mass is 9.80. The second kappa shape index (κ2) is 9.83. The predicted octanol–water partition coefficient (Wildman–Crippen LogP) is 13.8. The fourth-order valence-electron chi connectivity index (χ4n) is 9.60. The summed E-state index contributed by atoms with van der Waals surface area (Å²) in [5.74, 6) is 0. The Kier molecular flexibility index (Phi) is 5.50. The van der Waals surface area contributed by atoms with E-state index in [1.807, 2.05) is 0 Å². The highest BCUT2D eigenvalue weighted by Crippen LogP contribution is 2.49. The van der Waals surface area contributed by atoms with Gasteiger partial charge in [-0.25, -0.2) is 0 Å². The van der Waals surface area contributed by atoms with Crippen LogP contribution in [-0.4, -0.2) is 13.4 Å². The molecule has 0 spiro atoms. The van der Waals surface area contributed by atoms with Gasteiger partial charge in [0.1, 0.15) is 11.1 Å². The normalized spacial score (nSPS) is 13.4. The molecule has 0 aliphatic heterocycles. The summed E-state index contributed by atoms with van der Waals surface area (Å²) in [5.41, 5.74) is 15.3. The SMILES string of the molecule is CC(C)(C)c1cc(-n2c3ccccc3c3c2cc2c4ccccc4n4c2c3n2c3ccccc3c3cc5c6ccccc6oc5c4c32)cc(C(C)(C)C)c1. The number of benzene rings is 7. The van der Waals surface area contributed by atoms with Gasteiger partial charge >= 0.3 is 0 Å². The number of nitrogens with zero attached hydrogens (tertiary/aromatic N) is 3. The highest BCUT2D eigenvalue weighted by molar-refractivity contribution is 6.33. The molecule has 0 saturated carbocycles. The highest BCUT2D eigenvalue weighted by Gasteiger charge is 2.29. The van der Waals surface area contributed by atoms with Crippen molar-refractivity contribution in [2.45, 2.75) is 52.4 Å². The zero-order valence-corrected chi connectivity index (χ0v) is 31.4. The molecule has 12 aromatic rings. The van der Waals surface area contributed by atoms with Crippen LogP contribution in [0.5, 0.6) is 0 Å². The predicted molar refractivity (Wildman–Crippen MR) is 229 cm³/mol. The zero-order valence-electron chi connectivity index (χ0n) is 31.4. The van der Waals surface area contributed by atoms with Crippen molar-refractivity contribution in [2.75, 3.05) is 0 Å². The fraction of sp³-hybridized carbons (Fsp3) is 0.160. The van der Waals surface area contributed by atoms with Gasteiger partial charge < -0.3 is 17.8 Å². The summed E-state index contributed by atoms with van der Waals surface area (Å²) in [4.78, 5) is 0. The number of aromatic nitrogens is 3. The Labute approximate surface area is 311 Å². The minimum Gasteiger partial charge on any atom is -0.454 e. The third-order valence-corrected chi connectivity index (χ3v) is 12.2. The zero-order chi connectivity index (χ0) is 36.4. The van der Waals surface area contributed by atoms with Crippen LogP contribution in [0.15, 0.2) is 132 Å². The van der Waals surface area contributed by atoms with Gasteiger partial charge in [-0.15, -0.1) is 0 Å². The summed E-state index contributed by atoms with van der Waals surface area (Å²) in [6.45, 7) is 14.0. The van der Waals surface area contributed by atoms with E-state index in [4.69, 9.17) is 4.42 Å². The molecule has 260 valence electrons. The summed E-state index contributed by atoms with van der Waals surface area (Å²) in [6, 6.07) is 47.5. The van der Waals surface area contributed by atoms with E-state index >= 15 is 0 Å². The van der Waals surface area contributed by atoms with E-state index in [2.05, 4.69) is 182 Å². The Bertz CT molecular complexity index is 3540. The maximum atomic E-state index is 6.89. The first kappa shape index (κ1) is 30.2. The molecule has 0 aliphatic rings. The molecule has 0 radical (unpaired) electrons. The highest BCUT2D eigenvalue weighted by atomic mass is 16.3. The Balaban J connectivity index is 1.40. The summed E-state index contributed by atoms with van der Waals surface area (Å²) >= 11 is 0. The first-order chi connectivity index (χ1) is 26.1. The first-order valence-electron chi connectivity index (χ1n) is 19.1. The van der Waals surface area contributed by atoms with E-state index < -0.39 is 0 Å². The molecule has 0 atom stereocenters. The lowest BCUT2D eigenvalue weighted by molar-refractivity contribution is 0.568. The first-order valence-corrected chi connectivity index (χ1v) is 19.1. The topological polar surface area (TPSA) is 26.9 Å². The summed E-state index contributed by atoms with van der Waals surface area (Å²) in [7, 11) is 0. The van der Waals surface area contributed by atoms with Crippen LogP contribution < -0.4 is 0 Å². The van der Waals surface area contributed by atoms with E-state index in [-0.39, 0.29) is 10.8 Å². The van der Waals surface area contributed by atoms with E-state index in [0.717, 1.165) is 27.5 Å². The molecule has 0 amide bonds. The van der Waals surface area contributed by atoms with Crippen LogP contribution in [0.25, 0.3) is 104 Å². The molecule has 12 rings (SSSR count). The van der Waals surface area contributed by atoms with Crippen molar-refractivity contribution in [2.24, 2.45) is 0 Å². The maximum Gasteiger partial charge on any atom is 0.161 e. The molecule has 54 heavy (non-hydrogen) atoms. The molecule has 5 aromatic heterocycles. The number of hydrogen-bond donors (Lipinski definition) is 0. The third-order valence-electron chi connectivity index (χ3n) is 12.2. The second-order valence-corrected chi connectivity index (χ2v) is 17.4. The van der Waals surface area contributed by atoms with Crippen LogP contribution in [0.1, 0.15) is 52.7 Å². The molecule has 0 aliphatic carbocycles. The van der Waals surface area contributed by atoms with Gasteiger partial charge in [-0.2, -0.15) is 0 Å². The molecular weight excluding hydrogens is 659 g/mol. The Morgan fingerprint density at radius 3 is 1.57 bits per heavy atom. The molecule has 4 nitrogen and oxygen atoms in total. The van der Waals surface area contributed by atoms with Gasteiger partial charge in [-0.3, -0.25) is 0 Å². The van der Waals surface area contributed by atoms with Crippen LogP contribution in [0.4, 0.5) is 0 Å². The Morgan fingerprint density at radius 1 is 0.407 bits per heavy atom. The third kappa shape index (κ3) is 3.68. The van der Waals surface area contributed by atoms with Crippen molar-refractivity contribution in [1.82, 2.24) is 13.4 Å². The van der Waals surface area contributed by atoms with Crippen molar-refractivity contribution in [3.05, 3.63) is 139 Å². The minimum atomic E-state index is -0.0111. The monoisotopic (exact) mass is 697 g/mol. The van der Waals surface area contributed by atoms with Crippen LogP contribution in [0.2, 0.25) is 0 Å². The molecule has 0 saturated heterocycles. The van der Waals surface area contributed by atoms with Gasteiger partial charge in [0.2, 0.25) is 0 Å². The van der Waals surface area contributed by atoms with E-state index in [1.165, 1.54) is 87.7 Å². The maximum absolute atomic E-state index is 6.89. The molecule has 5 heterocycles. The van der Waals surface area contributed by atoms with Crippen molar-refractivity contribution in [1.29, 1.82) is 0 Å². The van der Waals surface area contributed by atoms with Crippen LogP contribution >= 0.6 is 0 Å². The fourth-order valence-corrected chi connectivity index (χ4v) is 9.60. The van der Waals surface area contributed by atoms with Crippen molar-refractivity contribution in [3.63, 3.8) is 0 Å². The van der Waals surface area contributed by atoms with E-state index in [9.17, 15) is 0 Å².